The third-order valence-corrected chi connectivity index (χ3v) is 4.09. The Labute approximate surface area is 176 Å². The summed E-state index contributed by atoms with van der Waals surface area (Å²) < 4.78 is 7.22. The normalized spacial score (nSPS) is 11.1. The molecule has 0 spiro atoms. The Bertz CT molecular complexity index is 879. The van der Waals surface area contributed by atoms with Gasteiger partial charge in [0.25, 0.3) is 0 Å². The number of aryl methyl sites for hydroxylation is 1. The van der Waals surface area contributed by atoms with E-state index in [1.807, 2.05) is 40.9 Å². The van der Waals surface area contributed by atoms with Gasteiger partial charge < -0.3 is 15.4 Å². The van der Waals surface area contributed by atoms with Gasteiger partial charge in [0.15, 0.2) is 17.4 Å². The highest BCUT2D eigenvalue weighted by atomic mass is 127. The van der Waals surface area contributed by atoms with E-state index in [9.17, 15) is 0 Å². The first-order valence-electron chi connectivity index (χ1n) is 8.66. The van der Waals surface area contributed by atoms with E-state index < -0.39 is 0 Å². The molecule has 27 heavy (non-hydrogen) atoms. The Morgan fingerprint density at radius 1 is 1.15 bits per heavy atom. The van der Waals surface area contributed by atoms with Crippen molar-refractivity contribution in [2.24, 2.45) is 4.99 Å². The number of ether oxygens (including phenoxy) is 1. The number of aromatic nitrogens is 3. The summed E-state index contributed by atoms with van der Waals surface area (Å²) in [5, 5.41) is 15.0. The van der Waals surface area contributed by atoms with E-state index in [1.54, 1.807) is 14.2 Å². The molecule has 0 aliphatic carbocycles. The molecule has 0 amide bonds. The first-order chi connectivity index (χ1) is 12.8. The molecule has 1 aromatic carbocycles. The van der Waals surface area contributed by atoms with E-state index in [4.69, 9.17) is 4.74 Å². The van der Waals surface area contributed by atoms with Gasteiger partial charge in [0.2, 0.25) is 0 Å². The van der Waals surface area contributed by atoms with Crippen molar-refractivity contribution in [3.8, 4) is 5.75 Å². The molecule has 3 rings (SSSR count). The minimum Gasteiger partial charge on any atom is -0.497 e. The second kappa shape index (κ2) is 10.7. The van der Waals surface area contributed by atoms with E-state index in [1.165, 1.54) is 5.56 Å². The fraction of sp³-hybridized carbons (Fsp3) is 0.316. The number of methoxy groups -OCH3 is 1. The van der Waals surface area contributed by atoms with Gasteiger partial charge in [-0.25, -0.2) is 0 Å². The van der Waals surface area contributed by atoms with Gasteiger partial charge in [0.1, 0.15) is 5.75 Å². The molecule has 0 unspecified atom stereocenters. The van der Waals surface area contributed by atoms with Crippen molar-refractivity contribution in [3.63, 3.8) is 0 Å². The van der Waals surface area contributed by atoms with Crippen molar-refractivity contribution < 1.29 is 4.74 Å². The molecule has 0 aliphatic rings. The summed E-state index contributed by atoms with van der Waals surface area (Å²) in [6.45, 7) is 1.39. The first-order valence-corrected chi connectivity index (χ1v) is 8.66. The molecular weight excluding hydrogens is 455 g/mol. The number of hydrogen-bond acceptors (Lipinski definition) is 4. The number of benzene rings is 1. The number of nitrogens with zero attached hydrogens (tertiary/aromatic N) is 4. The summed E-state index contributed by atoms with van der Waals surface area (Å²) in [5.41, 5.74) is 2.11. The second-order valence-electron chi connectivity index (χ2n) is 5.85. The predicted molar refractivity (Wildman–Crippen MR) is 118 cm³/mol. The summed E-state index contributed by atoms with van der Waals surface area (Å²) >= 11 is 0. The minimum absolute atomic E-state index is 0. The molecule has 8 heteroatoms. The summed E-state index contributed by atoms with van der Waals surface area (Å²) in [7, 11) is 3.45. The number of nitrogens with one attached hydrogen (secondary N) is 2. The average molecular weight is 480 g/mol. The number of rotatable bonds is 7. The summed E-state index contributed by atoms with van der Waals surface area (Å²) in [6.07, 6.45) is 3.94. The quantitative estimate of drug-likeness (QED) is 0.236. The molecule has 0 radical (unpaired) electrons. The fourth-order valence-corrected chi connectivity index (χ4v) is 2.72. The molecule has 3 aromatic rings. The van der Waals surface area contributed by atoms with E-state index in [0.717, 1.165) is 42.6 Å². The van der Waals surface area contributed by atoms with Crippen LogP contribution in [0.15, 0.2) is 53.7 Å². The zero-order chi connectivity index (χ0) is 18.2. The van der Waals surface area contributed by atoms with Gasteiger partial charge in [-0.3, -0.25) is 9.39 Å². The van der Waals surface area contributed by atoms with E-state index >= 15 is 0 Å². The first kappa shape index (κ1) is 20.9. The molecule has 144 valence electrons. The zero-order valence-corrected chi connectivity index (χ0v) is 17.9. The van der Waals surface area contributed by atoms with Crippen molar-refractivity contribution >= 4 is 35.6 Å². The summed E-state index contributed by atoms with van der Waals surface area (Å²) in [5.74, 6) is 2.50. The third-order valence-electron chi connectivity index (χ3n) is 4.09. The van der Waals surface area contributed by atoms with Crippen LogP contribution in [-0.2, 0) is 13.0 Å². The van der Waals surface area contributed by atoms with Crippen molar-refractivity contribution in [3.05, 3.63) is 60.0 Å². The number of hydrogen-bond donors (Lipinski definition) is 2. The maximum Gasteiger partial charge on any atom is 0.191 e. The SMILES string of the molecule is CN=C(NCCCc1cccc(OC)c1)NCc1nnc2ccccn12.I. The number of guanidine groups is 1. The number of fused-ring (bicyclic) bond motifs is 1. The average Bonchev–Trinajstić information content (AvgIpc) is 3.11. The van der Waals surface area contributed by atoms with Gasteiger partial charge in [0, 0.05) is 19.8 Å². The highest BCUT2D eigenvalue weighted by Crippen LogP contribution is 2.13. The molecule has 0 saturated heterocycles. The number of halogens is 1. The van der Waals surface area contributed by atoms with Gasteiger partial charge in [-0.15, -0.1) is 34.2 Å². The van der Waals surface area contributed by atoms with Crippen LogP contribution >= 0.6 is 24.0 Å². The molecule has 7 nitrogen and oxygen atoms in total. The van der Waals surface area contributed by atoms with Crippen LogP contribution in [0, 0.1) is 0 Å². The predicted octanol–water partition coefficient (Wildman–Crippen LogP) is 2.65. The number of pyridine rings is 1. The smallest absolute Gasteiger partial charge is 0.191 e. The largest absolute Gasteiger partial charge is 0.497 e. The van der Waals surface area contributed by atoms with E-state index in [2.05, 4.69) is 38.0 Å². The molecule has 0 saturated carbocycles. The van der Waals surface area contributed by atoms with Gasteiger partial charge in [-0.05, 0) is 42.7 Å². The van der Waals surface area contributed by atoms with Gasteiger partial charge in [0.05, 0.1) is 13.7 Å². The van der Waals surface area contributed by atoms with Crippen LogP contribution in [0.4, 0.5) is 0 Å². The minimum atomic E-state index is 0. The Morgan fingerprint density at radius 2 is 2.04 bits per heavy atom. The van der Waals surface area contributed by atoms with Gasteiger partial charge in [-0.2, -0.15) is 0 Å². The van der Waals surface area contributed by atoms with E-state index in [-0.39, 0.29) is 24.0 Å². The van der Waals surface area contributed by atoms with Crippen LogP contribution < -0.4 is 15.4 Å². The van der Waals surface area contributed by atoms with Crippen LogP contribution in [0.5, 0.6) is 5.75 Å². The van der Waals surface area contributed by atoms with Crippen LogP contribution in [0.25, 0.3) is 5.65 Å². The summed E-state index contributed by atoms with van der Waals surface area (Å²) in [4.78, 5) is 4.26. The van der Waals surface area contributed by atoms with Crippen molar-refractivity contribution in [2.75, 3.05) is 20.7 Å². The standard InChI is InChI=1S/C19H24N6O.HI/c1-20-19(21-11-6-8-15-7-5-9-16(13-15)26-2)22-14-18-24-23-17-10-3-4-12-25(17)18;/h3-5,7,9-10,12-13H,6,8,11,14H2,1-2H3,(H2,20,21,22);1H. The Balaban J connectivity index is 0.00000261. The second-order valence-corrected chi connectivity index (χ2v) is 5.85. The van der Waals surface area contributed by atoms with Gasteiger partial charge >= 0.3 is 0 Å². The molecule has 0 bridgehead atoms. The topological polar surface area (TPSA) is 75.8 Å². The molecular formula is C19H25IN6O. The maximum absolute atomic E-state index is 5.26. The monoisotopic (exact) mass is 480 g/mol. The molecule has 0 atom stereocenters. The third kappa shape index (κ3) is 5.81. The highest BCUT2D eigenvalue weighted by Gasteiger charge is 2.05. The Kier molecular flexibility index (Phi) is 8.31. The lowest BCUT2D eigenvalue weighted by atomic mass is 10.1. The molecule has 0 aliphatic heterocycles. The van der Waals surface area contributed by atoms with Crippen LogP contribution in [0.1, 0.15) is 17.8 Å². The number of aliphatic imine (C=N–C) groups is 1. The Morgan fingerprint density at radius 3 is 2.85 bits per heavy atom. The van der Waals surface area contributed by atoms with Crippen LogP contribution in [0.3, 0.4) is 0 Å². The van der Waals surface area contributed by atoms with Crippen molar-refractivity contribution in [2.45, 2.75) is 19.4 Å². The van der Waals surface area contributed by atoms with Crippen LogP contribution in [-0.4, -0.2) is 41.3 Å². The molecule has 2 N–H and O–H groups in total. The van der Waals surface area contributed by atoms with Crippen molar-refractivity contribution in [1.29, 1.82) is 0 Å². The van der Waals surface area contributed by atoms with Crippen LogP contribution in [0.2, 0.25) is 0 Å². The lowest BCUT2D eigenvalue weighted by molar-refractivity contribution is 0.414. The maximum atomic E-state index is 5.26. The summed E-state index contributed by atoms with van der Waals surface area (Å²) in [6, 6.07) is 14.0. The zero-order valence-electron chi connectivity index (χ0n) is 15.6. The lowest BCUT2D eigenvalue weighted by Crippen LogP contribution is -2.37. The highest BCUT2D eigenvalue weighted by molar-refractivity contribution is 14.0. The Hall–Kier alpha value is -2.36. The van der Waals surface area contributed by atoms with Crippen molar-refractivity contribution in [1.82, 2.24) is 25.2 Å². The fourth-order valence-electron chi connectivity index (χ4n) is 2.72. The van der Waals surface area contributed by atoms with E-state index in [0.29, 0.717) is 6.54 Å². The molecule has 2 heterocycles. The van der Waals surface area contributed by atoms with Gasteiger partial charge in [-0.1, -0.05) is 18.2 Å². The lowest BCUT2D eigenvalue weighted by Gasteiger charge is -2.11. The molecule has 2 aromatic heterocycles. The molecule has 0 fully saturated rings.